The monoisotopic (exact) mass is 274 g/mol. The lowest BCUT2D eigenvalue weighted by molar-refractivity contribution is 0.0965. The molecule has 20 heavy (non-hydrogen) atoms. The summed E-state index contributed by atoms with van der Waals surface area (Å²) >= 11 is 0. The molecule has 0 fully saturated rings. The zero-order valence-corrected chi connectivity index (χ0v) is 11.1. The number of aromatic nitrogens is 2. The third-order valence-corrected chi connectivity index (χ3v) is 2.70. The van der Waals surface area contributed by atoms with E-state index in [-0.39, 0.29) is 5.56 Å². The third kappa shape index (κ3) is 2.77. The number of urea groups is 1. The largest absolute Gasteiger partial charge is 0.497 e. The van der Waals surface area contributed by atoms with Crippen LogP contribution in [-0.2, 0) is 0 Å². The Balaban J connectivity index is 2.35. The molecule has 1 aromatic carbocycles. The maximum absolute atomic E-state index is 11.8. The molecule has 0 radical (unpaired) electrons. The zero-order valence-electron chi connectivity index (χ0n) is 11.1. The van der Waals surface area contributed by atoms with Crippen molar-refractivity contribution in [1.82, 2.24) is 15.1 Å². The van der Waals surface area contributed by atoms with Crippen LogP contribution in [0.2, 0.25) is 0 Å². The van der Waals surface area contributed by atoms with Crippen LogP contribution in [0, 0.1) is 6.92 Å². The Labute approximate surface area is 115 Å². The smallest absolute Gasteiger partial charge is 0.319 e. The molecule has 0 aliphatic carbocycles. The second-order valence-corrected chi connectivity index (χ2v) is 4.09. The van der Waals surface area contributed by atoms with E-state index in [9.17, 15) is 9.59 Å². The fourth-order valence-corrected chi connectivity index (χ4v) is 1.75. The summed E-state index contributed by atoms with van der Waals surface area (Å²) in [6.45, 7) is 1.67. The maximum atomic E-state index is 11.8. The van der Waals surface area contributed by atoms with E-state index in [1.165, 1.54) is 10.9 Å². The highest BCUT2D eigenvalue weighted by Crippen LogP contribution is 2.17. The third-order valence-electron chi connectivity index (χ3n) is 2.70. The van der Waals surface area contributed by atoms with Gasteiger partial charge in [-0.2, -0.15) is 5.10 Å². The molecular weight excluding hydrogens is 260 g/mol. The first-order valence-corrected chi connectivity index (χ1v) is 5.82. The van der Waals surface area contributed by atoms with Gasteiger partial charge in [-0.1, -0.05) is 6.07 Å². The van der Waals surface area contributed by atoms with Crippen molar-refractivity contribution in [3.63, 3.8) is 0 Å². The highest BCUT2D eigenvalue weighted by atomic mass is 16.5. The quantitative estimate of drug-likeness (QED) is 0.872. The van der Waals surface area contributed by atoms with E-state index in [1.807, 2.05) is 17.4 Å². The number of nitrogens with one attached hydrogen (secondary N) is 1. The van der Waals surface area contributed by atoms with Crippen molar-refractivity contribution >= 4 is 11.9 Å². The first-order valence-electron chi connectivity index (χ1n) is 5.82. The molecule has 104 valence electrons. The number of nitrogens with zero attached hydrogens (tertiary/aromatic N) is 2. The normalized spacial score (nSPS) is 10.1. The van der Waals surface area contributed by atoms with Gasteiger partial charge in [0, 0.05) is 12.3 Å². The van der Waals surface area contributed by atoms with Gasteiger partial charge in [0.25, 0.3) is 5.91 Å². The Hall–Kier alpha value is -2.83. The van der Waals surface area contributed by atoms with E-state index < -0.39 is 11.9 Å². The van der Waals surface area contributed by atoms with Crippen molar-refractivity contribution in [3.05, 3.63) is 41.7 Å². The van der Waals surface area contributed by atoms with Crippen LogP contribution in [0.15, 0.2) is 30.5 Å². The molecular formula is C13H14N4O3. The number of ether oxygens (including phenoxy) is 1. The molecule has 3 N–H and O–H groups in total. The zero-order chi connectivity index (χ0) is 14.7. The molecule has 2 rings (SSSR count). The minimum atomic E-state index is -0.900. The molecule has 0 bridgehead atoms. The predicted octanol–water partition coefficient (Wildman–Crippen LogP) is 0.998. The van der Waals surface area contributed by atoms with Gasteiger partial charge < -0.3 is 10.5 Å². The second kappa shape index (κ2) is 5.43. The molecule has 0 aliphatic rings. The van der Waals surface area contributed by atoms with Crippen LogP contribution in [0.1, 0.15) is 16.1 Å². The molecule has 0 saturated heterocycles. The lowest BCUT2D eigenvalue weighted by Crippen LogP contribution is -2.35. The molecule has 0 atom stereocenters. The standard InChI is InChI=1S/C13H14N4O3/c1-8-11(12(18)15-13(14)19)7-17(16-8)9-4-3-5-10(6-9)20-2/h3-7H,1-2H3,(H3,14,15,18,19). The van der Waals surface area contributed by atoms with Gasteiger partial charge in [0.15, 0.2) is 0 Å². The molecule has 7 heteroatoms. The van der Waals surface area contributed by atoms with Crippen molar-refractivity contribution in [3.8, 4) is 11.4 Å². The molecule has 0 unspecified atom stereocenters. The summed E-state index contributed by atoms with van der Waals surface area (Å²) in [6.07, 6.45) is 1.53. The number of rotatable bonds is 3. The molecule has 3 amide bonds. The van der Waals surface area contributed by atoms with Gasteiger partial charge in [-0.25, -0.2) is 9.48 Å². The van der Waals surface area contributed by atoms with Gasteiger partial charge in [0.2, 0.25) is 0 Å². The van der Waals surface area contributed by atoms with Crippen molar-refractivity contribution < 1.29 is 14.3 Å². The van der Waals surface area contributed by atoms with Gasteiger partial charge in [0.05, 0.1) is 24.1 Å². The predicted molar refractivity (Wildman–Crippen MR) is 71.9 cm³/mol. The molecule has 1 aromatic heterocycles. The van der Waals surface area contributed by atoms with E-state index in [2.05, 4.69) is 5.10 Å². The van der Waals surface area contributed by atoms with Crippen molar-refractivity contribution in [1.29, 1.82) is 0 Å². The van der Waals surface area contributed by atoms with E-state index in [0.717, 1.165) is 5.69 Å². The van der Waals surface area contributed by atoms with Crippen molar-refractivity contribution in [2.45, 2.75) is 6.92 Å². The van der Waals surface area contributed by atoms with Gasteiger partial charge in [0.1, 0.15) is 5.75 Å². The Bertz CT molecular complexity index is 663. The van der Waals surface area contributed by atoms with Crippen LogP contribution < -0.4 is 15.8 Å². The minimum absolute atomic E-state index is 0.284. The number of benzene rings is 1. The summed E-state index contributed by atoms with van der Waals surface area (Å²) in [6, 6.07) is 6.32. The number of hydrogen-bond donors (Lipinski definition) is 2. The fraction of sp³-hybridized carbons (Fsp3) is 0.154. The average molecular weight is 274 g/mol. The van der Waals surface area contributed by atoms with Crippen LogP contribution in [-0.4, -0.2) is 28.8 Å². The molecule has 2 aromatic rings. The molecule has 0 spiro atoms. The Morgan fingerprint density at radius 1 is 1.40 bits per heavy atom. The Morgan fingerprint density at radius 3 is 2.80 bits per heavy atom. The van der Waals surface area contributed by atoms with E-state index >= 15 is 0 Å². The SMILES string of the molecule is COc1cccc(-n2cc(C(=O)NC(N)=O)c(C)n2)c1. The number of primary amides is 1. The number of aryl methyl sites for hydroxylation is 1. The highest BCUT2D eigenvalue weighted by molar-refractivity contribution is 6.04. The van der Waals surface area contributed by atoms with Gasteiger partial charge in [-0.3, -0.25) is 10.1 Å². The first-order chi connectivity index (χ1) is 9.51. The average Bonchev–Trinajstić information content (AvgIpc) is 2.80. The molecule has 7 nitrogen and oxygen atoms in total. The van der Waals surface area contributed by atoms with E-state index in [0.29, 0.717) is 11.4 Å². The number of hydrogen-bond acceptors (Lipinski definition) is 4. The van der Waals surface area contributed by atoms with E-state index in [4.69, 9.17) is 10.5 Å². The Morgan fingerprint density at radius 2 is 2.15 bits per heavy atom. The van der Waals surface area contributed by atoms with Crippen LogP contribution in [0.25, 0.3) is 5.69 Å². The van der Waals surface area contributed by atoms with Gasteiger partial charge in [-0.05, 0) is 19.1 Å². The highest BCUT2D eigenvalue weighted by Gasteiger charge is 2.15. The second-order valence-electron chi connectivity index (χ2n) is 4.09. The topological polar surface area (TPSA) is 99.2 Å². The number of imide groups is 1. The fourth-order valence-electron chi connectivity index (χ4n) is 1.75. The number of carbonyl (C=O) groups is 2. The Kier molecular flexibility index (Phi) is 3.69. The summed E-state index contributed by atoms with van der Waals surface area (Å²) in [5.74, 6) is 0.0999. The van der Waals surface area contributed by atoms with Crippen LogP contribution >= 0.6 is 0 Å². The first kappa shape index (κ1) is 13.6. The van der Waals surface area contributed by atoms with Crippen LogP contribution in [0.3, 0.4) is 0 Å². The minimum Gasteiger partial charge on any atom is -0.497 e. The molecule has 0 saturated carbocycles. The number of amides is 3. The van der Waals surface area contributed by atoms with E-state index in [1.54, 1.807) is 26.2 Å². The summed E-state index contributed by atoms with van der Waals surface area (Å²) in [7, 11) is 1.57. The lowest BCUT2D eigenvalue weighted by atomic mass is 10.2. The summed E-state index contributed by atoms with van der Waals surface area (Å²) < 4.78 is 6.67. The van der Waals surface area contributed by atoms with Crippen molar-refractivity contribution in [2.24, 2.45) is 5.73 Å². The van der Waals surface area contributed by atoms with Crippen LogP contribution in [0.4, 0.5) is 4.79 Å². The number of nitrogens with two attached hydrogens (primary N) is 1. The number of methoxy groups -OCH3 is 1. The molecule has 1 heterocycles. The summed E-state index contributed by atoms with van der Waals surface area (Å²) in [5.41, 5.74) is 6.44. The lowest BCUT2D eigenvalue weighted by Gasteiger charge is -2.03. The van der Waals surface area contributed by atoms with Gasteiger partial charge >= 0.3 is 6.03 Å². The summed E-state index contributed by atoms with van der Waals surface area (Å²) in [5, 5.41) is 6.24. The summed E-state index contributed by atoms with van der Waals surface area (Å²) in [4.78, 5) is 22.5. The van der Waals surface area contributed by atoms with Gasteiger partial charge in [-0.15, -0.1) is 0 Å². The molecule has 0 aliphatic heterocycles. The maximum Gasteiger partial charge on any atom is 0.319 e. The van der Waals surface area contributed by atoms with Crippen molar-refractivity contribution in [2.75, 3.05) is 7.11 Å². The number of carbonyl (C=O) groups excluding carboxylic acids is 2. The van der Waals surface area contributed by atoms with Crippen LogP contribution in [0.5, 0.6) is 5.75 Å².